The van der Waals surface area contributed by atoms with Crippen LogP contribution in [0.15, 0.2) is 54.6 Å². The van der Waals surface area contributed by atoms with E-state index in [9.17, 15) is 9.59 Å². The van der Waals surface area contributed by atoms with Gasteiger partial charge in [-0.2, -0.15) is 0 Å². The van der Waals surface area contributed by atoms with Gasteiger partial charge < -0.3 is 9.30 Å². The first-order chi connectivity index (χ1) is 14.5. The van der Waals surface area contributed by atoms with Crippen molar-refractivity contribution < 1.29 is 14.3 Å². The number of nitrogens with zero attached hydrogens (tertiary/aromatic N) is 3. The summed E-state index contributed by atoms with van der Waals surface area (Å²) >= 11 is 0. The Morgan fingerprint density at radius 3 is 2.50 bits per heavy atom. The Bertz CT molecular complexity index is 1060. The van der Waals surface area contributed by atoms with Crippen LogP contribution in [0.4, 0.5) is 5.95 Å². The first-order valence-corrected chi connectivity index (χ1v) is 10.5. The monoisotopic (exact) mass is 405 g/mol. The second kappa shape index (κ2) is 8.30. The van der Waals surface area contributed by atoms with E-state index in [-0.39, 0.29) is 24.5 Å². The van der Waals surface area contributed by atoms with Gasteiger partial charge in [-0.05, 0) is 37.0 Å². The van der Waals surface area contributed by atoms with Crippen molar-refractivity contribution in [2.75, 3.05) is 18.1 Å². The van der Waals surface area contributed by atoms with Crippen LogP contribution in [0.25, 0.3) is 11.0 Å². The molecule has 2 atom stereocenters. The number of hydrogen-bond acceptors (Lipinski definition) is 4. The zero-order chi connectivity index (χ0) is 21.3. The molecule has 1 aliphatic rings. The minimum atomic E-state index is -0.883. The van der Waals surface area contributed by atoms with Crippen molar-refractivity contribution >= 4 is 28.9 Å². The van der Waals surface area contributed by atoms with Gasteiger partial charge in [0.05, 0.1) is 23.7 Å². The lowest BCUT2D eigenvalue weighted by Gasteiger charge is -2.39. The van der Waals surface area contributed by atoms with Gasteiger partial charge in [-0.1, -0.05) is 56.3 Å². The maximum Gasteiger partial charge on any atom is 0.320 e. The van der Waals surface area contributed by atoms with E-state index in [1.54, 1.807) is 11.8 Å². The third-order valence-corrected chi connectivity index (χ3v) is 5.68. The number of benzene rings is 2. The van der Waals surface area contributed by atoms with E-state index in [1.807, 2.05) is 68.4 Å². The quantitative estimate of drug-likeness (QED) is 0.459. The normalized spacial score (nSPS) is 18.7. The van der Waals surface area contributed by atoms with E-state index in [1.165, 1.54) is 0 Å². The van der Waals surface area contributed by atoms with Crippen LogP contribution in [0, 0.1) is 11.8 Å². The number of hydrogen-bond donors (Lipinski definition) is 0. The van der Waals surface area contributed by atoms with Gasteiger partial charge in [0.2, 0.25) is 11.9 Å². The molecule has 4 rings (SSSR count). The Morgan fingerprint density at radius 1 is 1.10 bits per heavy atom. The number of esters is 1. The van der Waals surface area contributed by atoms with Gasteiger partial charge in [0.25, 0.3) is 0 Å². The maximum absolute atomic E-state index is 13.6. The summed E-state index contributed by atoms with van der Waals surface area (Å²) in [4.78, 5) is 32.9. The van der Waals surface area contributed by atoms with Crippen LogP contribution in [0.2, 0.25) is 0 Å². The lowest BCUT2D eigenvalue weighted by Crippen LogP contribution is -2.51. The summed E-state index contributed by atoms with van der Waals surface area (Å²) in [5, 5.41) is 0. The number of anilines is 1. The Balaban J connectivity index is 1.82. The molecule has 1 aliphatic heterocycles. The molecule has 0 bridgehead atoms. The van der Waals surface area contributed by atoms with Crippen molar-refractivity contribution in [3.05, 3.63) is 60.2 Å². The third-order valence-electron chi connectivity index (χ3n) is 5.68. The number of rotatable bonds is 6. The van der Waals surface area contributed by atoms with Crippen molar-refractivity contribution in [3.8, 4) is 0 Å². The number of carbonyl (C=O) groups excluding carboxylic acids is 2. The molecule has 0 aliphatic carbocycles. The molecule has 0 radical (unpaired) electrons. The molecule has 6 heteroatoms. The van der Waals surface area contributed by atoms with Gasteiger partial charge in [0.1, 0.15) is 0 Å². The second-order valence-electron chi connectivity index (χ2n) is 7.96. The number of carbonyl (C=O) groups is 2. The highest BCUT2D eigenvalue weighted by Gasteiger charge is 2.48. The van der Waals surface area contributed by atoms with Gasteiger partial charge in [0.15, 0.2) is 5.92 Å². The standard InChI is InChI=1S/C24H27N3O3/c1-4-30-23(29)20-21(16(2)3)27-19-13-9-8-12-18(19)25-24(27)26(22(20)28)15-14-17-10-6-5-7-11-17/h5-13,16,20-21H,4,14-15H2,1-3H3/t20-,21+/m1/s1. The van der Waals surface area contributed by atoms with Gasteiger partial charge in [-0.3, -0.25) is 14.5 Å². The molecule has 0 spiro atoms. The summed E-state index contributed by atoms with van der Waals surface area (Å²) in [7, 11) is 0. The SMILES string of the molecule is CCOC(=O)[C@H]1C(=O)N(CCc2ccccc2)c2nc3ccccc3n2[C@H]1C(C)C. The van der Waals surface area contributed by atoms with Crippen molar-refractivity contribution in [2.45, 2.75) is 33.2 Å². The first-order valence-electron chi connectivity index (χ1n) is 10.5. The molecule has 0 N–H and O–H groups in total. The number of aromatic nitrogens is 2. The minimum absolute atomic E-state index is 0.0518. The van der Waals surface area contributed by atoms with Crippen LogP contribution in [-0.2, 0) is 20.7 Å². The number of imidazole rings is 1. The zero-order valence-corrected chi connectivity index (χ0v) is 17.6. The summed E-state index contributed by atoms with van der Waals surface area (Å²) in [5.74, 6) is -0.918. The number of amides is 1. The average Bonchev–Trinajstić information content (AvgIpc) is 3.12. The first kappa shape index (κ1) is 20.1. The largest absolute Gasteiger partial charge is 0.465 e. The van der Waals surface area contributed by atoms with E-state index in [2.05, 4.69) is 4.57 Å². The van der Waals surface area contributed by atoms with E-state index in [0.29, 0.717) is 18.9 Å². The topological polar surface area (TPSA) is 64.4 Å². The fourth-order valence-electron chi connectivity index (χ4n) is 4.33. The highest BCUT2D eigenvalue weighted by molar-refractivity contribution is 6.08. The predicted molar refractivity (Wildman–Crippen MR) is 116 cm³/mol. The summed E-state index contributed by atoms with van der Waals surface area (Å²) < 4.78 is 7.39. The third kappa shape index (κ3) is 3.47. The second-order valence-corrected chi connectivity index (χ2v) is 7.96. The van der Waals surface area contributed by atoms with Crippen LogP contribution in [0.1, 0.15) is 32.4 Å². The summed E-state index contributed by atoms with van der Waals surface area (Å²) in [5.41, 5.74) is 2.88. The minimum Gasteiger partial charge on any atom is -0.465 e. The highest BCUT2D eigenvalue weighted by Crippen LogP contribution is 2.41. The van der Waals surface area contributed by atoms with Crippen LogP contribution in [0.5, 0.6) is 0 Å². The zero-order valence-electron chi connectivity index (χ0n) is 17.6. The molecule has 2 heterocycles. The molecular formula is C24H27N3O3. The van der Waals surface area contributed by atoms with E-state index in [4.69, 9.17) is 9.72 Å². The fraction of sp³-hybridized carbons (Fsp3) is 0.375. The molecule has 0 fully saturated rings. The lowest BCUT2D eigenvalue weighted by atomic mass is 9.87. The lowest BCUT2D eigenvalue weighted by molar-refractivity contribution is -0.154. The van der Waals surface area contributed by atoms with Gasteiger partial charge >= 0.3 is 5.97 Å². The highest BCUT2D eigenvalue weighted by atomic mass is 16.5. The van der Waals surface area contributed by atoms with Gasteiger partial charge in [0, 0.05) is 6.54 Å². The summed E-state index contributed by atoms with van der Waals surface area (Å²) in [6, 6.07) is 17.5. The Hall–Kier alpha value is -3.15. The van der Waals surface area contributed by atoms with Crippen LogP contribution < -0.4 is 4.90 Å². The van der Waals surface area contributed by atoms with Crippen molar-refractivity contribution in [1.29, 1.82) is 0 Å². The van der Waals surface area contributed by atoms with E-state index < -0.39 is 11.9 Å². The summed E-state index contributed by atoms with van der Waals surface area (Å²) in [6.07, 6.45) is 0.678. The Morgan fingerprint density at radius 2 is 1.80 bits per heavy atom. The smallest absolute Gasteiger partial charge is 0.320 e. The maximum atomic E-state index is 13.6. The number of fused-ring (bicyclic) bond motifs is 3. The Kier molecular flexibility index (Phi) is 5.57. The van der Waals surface area contributed by atoms with Gasteiger partial charge in [-0.25, -0.2) is 4.98 Å². The fourth-order valence-corrected chi connectivity index (χ4v) is 4.33. The van der Waals surface area contributed by atoms with Crippen LogP contribution in [-0.4, -0.2) is 34.6 Å². The van der Waals surface area contributed by atoms with E-state index in [0.717, 1.165) is 16.6 Å². The van der Waals surface area contributed by atoms with Crippen LogP contribution in [0.3, 0.4) is 0 Å². The van der Waals surface area contributed by atoms with E-state index >= 15 is 0 Å². The molecule has 0 saturated carbocycles. The molecule has 1 amide bonds. The number of para-hydroxylation sites is 2. The number of ether oxygens (including phenoxy) is 1. The van der Waals surface area contributed by atoms with Crippen molar-refractivity contribution in [2.24, 2.45) is 11.8 Å². The molecule has 3 aromatic rings. The summed E-state index contributed by atoms with van der Waals surface area (Å²) in [6.45, 7) is 6.52. The van der Waals surface area contributed by atoms with Crippen LogP contribution >= 0.6 is 0 Å². The molecule has 0 unspecified atom stereocenters. The van der Waals surface area contributed by atoms with Crippen molar-refractivity contribution in [3.63, 3.8) is 0 Å². The molecule has 1 aromatic heterocycles. The predicted octanol–water partition coefficient (Wildman–Crippen LogP) is 4.00. The molecule has 0 saturated heterocycles. The molecule has 2 aromatic carbocycles. The average molecular weight is 405 g/mol. The molecule has 156 valence electrons. The van der Waals surface area contributed by atoms with Gasteiger partial charge in [-0.15, -0.1) is 0 Å². The van der Waals surface area contributed by atoms with Crippen molar-refractivity contribution in [1.82, 2.24) is 9.55 Å². The molecule has 30 heavy (non-hydrogen) atoms. The molecule has 6 nitrogen and oxygen atoms in total. The molecular weight excluding hydrogens is 378 g/mol. The Labute approximate surface area is 176 Å².